The highest BCUT2D eigenvalue weighted by Gasteiger charge is 2.31. The van der Waals surface area contributed by atoms with Crippen molar-refractivity contribution in [2.45, 2.75) is 44.2 Å². The van der Waals surface area contributed by atoms with E-state index in [0.29, 0.717) is 11.8 Å². The summed E-state index contributed by atoms with van der Waals surface area (Å²) < 4.78 is 29.0. The lowest BCUT2D eigenvalue weighted by molar-refractivity contribution is 0.257. The molecule has 1 aliphatic carbocycles. The first-order valence-electron chi connectivity index (χ1n) is 6.37. The van der Waals surface area contributed by atoms with Crippen LogP contribution in [-0.2, 0) is 17.1 Å². The predicted octanol–water partition coefficient (Wildman–Crippen LogP) is 1.68. The van der Waals surface area contributed by atoms with Crippen LogP contribution in [0.1, 0.15) is 33.1 Å². The molecule has 0 radical (unpaired) electrons. The molecular weight excluding hydrogens is 332 g/mol. The normalized spacial score (nSPS) is 28.5. The molecule has 2 unspecified atom stereocenters. The summed E-state index contributed by atoms with van der Waals surface area (Å²) in [6.07, 6.45) is 2.92. The minimum absolute atomic E-state index is 0.00875. The molecule has 1 saturated carbocycles. The molecule has 108 valence electrons. The summed E-state index contributed by atoms with van der Waals surface area (Å²) >= 11 is 3.13. The van der Waals surface area contributed by atoms with Crippen molar-refractivity contribution in [2.24, 2.45) is 18.9 Å². The van der Waals surface area contributed by atoms with Crippen molar-refractivity contribution in [3.63, 3.8) is 0 Å². The molecule has 0 spiro atoms. The molecule has 0 amide bonds. The summed E-state index contributed by atoms with van der Waals surface area (Å²) in [6.45, 7) is 4.33. The monoisotopic (exact) mass is 350 g/mol. The predicted molar refractivity (Wildman–Crippen MR) is 75.0 cm³/mol. The summed E-state index contributed by atoms with van der Waals surface area (Å²) in [5.41, 5.74) is 0. The first-order valence-corrected chi connectivity index (χ1v) is 8.64. The van der Waals surface area contributed by atoms with Gasteiger partial charge < -0.3 is 0 Å². The third-order valence-electron chi connectivity index (χ3n) is 3.49. The van der Waals surface area contributed by atoms with Crippen LogP contribution < -0.4 is 4.72 Å². The zero-order valence-corrected chi connectivity index (χ0v) is 13.7. The molecular formula is C11H19BrN4O2S. The van der Waals surface area contributed by atoms with Gasteiger partial charge in [-0.05, 0) is 47.0 Å². The Bertz CT molecular complexity index is 528. The molecule has 1 aromatic rings. The number of nitrogens with zero attached hydrogens (tertiary/aromatic N) is 3. The highest BCUT2D eigenvalue weighted by atomic mass is 79.9. The van der Waals surface area contributed by atoms with Gasteiger partial charge in [-0.3, -0.25) is 0 Å². The van der Waals surface area contributed by atoms with E-state index in [0.717, 1.165) is 19.3 Å². The van der Waals surface area contributed by atoms with E-state index >= 15 is 0 Å². The summed E-state index contributed by atoms with van der Waals surface area (Å²) in [5.74, 6) is 1.09. The minimum Gasteiger partial charge on any atom is -0.235 e. The molecule has 2 rings (SSSR count). The average molecular weight is 351 g/mol. The van der Waals surface area contributed by atoms with E-state index in [4.69, 9.17) is 0 Å². The second kappa shape index (κ2) is 5.49. The molecule has 1 fully saturated rings. The van der Waals surface area contributed by atoms with Crippen molar-refractivity contribution in [1.29, 1.82) is 0 Å². The van der Waals surface area contributed by atoms with E-state index in [1.54, 1.807) is 7.05 Å². The Balaban J connectivity index is 2.18. The molecule has 1 aromatic heterocycles. The van der Waals surface area contributed by atoms with Crippen molar-refractivity contribution in [3.05, 3.63) is 4.60 Å². The van der Waals surface area contributed by atoms with Crippen LogP contribution in [0.15, 0.2) is 9.63 Å². The van der Waals surface area contributed by atoms with Crippen molar-refractivity contribution in [3.8, 4) is 0 Å². The van der Waals surface area contributed by atoms with Gasteiger partial charge >= 0.3 is 0 Å². The number of hydrogen-bond acceptors (Lipinski definition) is 4. The third kappa shape index (κ3) is 3.35. The van der Waals surface area contributed by atoms with Crippen LogP contribution in [0, 0.1) is 11.8 Å². The van der Waals surface area contributed by atoms with Crippen LogP contribution in [0.3, 0.4) is 0 Å². The van der Waals surface area contributed by atoms with Crippen molar-refractivity contribution >= 4 is 26.0 Å². The van der Waals surface area contributed by atoms with Crippen LogP contribution in [0.4, 0.5) is 0 Å². The number of rotatable bonds is 3. The largest absolute Gasteiger partial charge is 0.260 e. The lowest BCUT2D eigenvalue weighted by Gasteiger charge is -2.31. The SMILES string of the molecule is CC1CC(C)CC(NS(=O)(=O)c2c(Br)nnn2C)C1. The highest BCUT2D eigenvalue weighted by molar-refractivity contribution is 9.10. The Kier molecular flexibility index (Phi) is 4.32. The lowest BCUT2D eigenvalue weighted by Crippen LogP contribution is -2.40. The number of nitrogens with one attached hydrogen (secondary N) is 1. The van der Waals surface area contributed by atoms with Gasteiger partial charge in [0.25, 0.3) is 10.0 Å². The molecule has 0 aromatic carbocycles. The average Bonchev–Trinajstić information content (AvgIpc) is 2.56. The first-order chi connectivity index (χ1) is 8.79. The summed E-state index contributed by atoms with van der Waals surface area (Å²) in [7, 11) is -2.02. The number of aryl methyl sites for hydroxylation is 1. The molecule has 8 heteroatoms. The van der Waals surface area contributed by atoms with Crippen LogP contribution in [0.2, 0.25) is 0 Å². The fourth-order valence-corrected chi connectivity index (χ4v) is 5.28. The molecule has 2 atom stereocenters. The first kappa shape index (κ1) is 14.9. The fraction of sp³-hybridized carbons (Fsp3) is 0.818. The Morgan fingerprint density at radius 2 is 1.84 bits per heavy atom. The standard InChI is InChI=1S/C11H19BrN4O2S/c1-7-4-8(2)6-9(5-7)14-19(17,18)11-10(12)13-15-16(11)3/h7-9,14H,4-6H2,1-3H3. The molecule has 1 heterocycles. The van der Waals surface area contributed by atoms with Gasteiger partial charge in [0.05, 0.1) is 0 Å². The summed E-state index contributed by atoms with van der Waals surface area (Å²) in [5, 5.41) is 7.50. The van der Waals surface area contributed by atoms with Crippen molar-refractivity contribution < 1.29 is 8.42 Å². The smallest absolute Gasteiger partial charge is 0.235 e. The van der Waals surface area contributed by atoms with Crippen LogP contribution in [-0.4, -0.2) is 29.5 Å². The molecule has 19 heavy (non-hydrogen) atoms. The minimum atomic E-state index is -3.58. The van der Waals surface area contributed by atoms with Gasteiger partial charge in [0.2, 0.25) is 5.03 Å². The molecule has 0 saturated heterocycles. The van der Waals surface area contributed by atoms with E-state index in [1.807, 2.05) is 0 Å². The summed E-state index contributed by atoms with van der Waals surface area (Å²) in [4.78, 5) is 0. The van der Waals surface area contributed by atoms with Gasteiger partial charge in [-0.15, -0.1) is 5.10 Å². The van der Waals surface area contributed by atoms with E-state index in [-0.39, 0.29) is 15.7 Å². The fourth-order valence-electron chi connectivity index (χ4n) is 2.93. The number of halogens is 1. The zero-order valence-electron chi connectivity index (χ0n) is 11.3. The number of sulfonamides is 1. The lowest BCUT2D eigenvalue weighted by atomic mass is 9.81. The van der Waals surface area contributed by atoms with E-state index in [1.165, 1.54) is 4.68 Å². The zero-order chi connectivity index (χ0) is 14.2. The maximum absolute atomic E-state index is 12.4. The molecule has 1 aliphatic rings. The second-order valence-electron chi connectivity index (χ2n) is 5.54. The number of hydrogen-bond donors (Lipinski definition) is 1. The maximum Gasteiger partial charge on any atom is 0.260 e. The molecule has 1 N–H and O–H groups in total. The number of aromatic nitrogens is 3. The van der Waals surface area contributed by atoms with Crippen LogP contribution >= 0.6 is 15.9 Å². The summed E-state index contributed by atoms with van der Waals surface area (Å²) in [6, 6.07) is -0.00875. The molecule has 0 aliphatic heterocycles. The van der Waals surface area contributed by atoms with Crippen molar-refractivity contribution in [2.75, 3.05) is 0 Å². The Labute approximate surface area is 122 Å². The van der Waals surface area contributed by atoms with Crippen molar-refractivity contribution in [1.82, 2.24) is 19.7 Å². The van der Waals surface area contributed by atoms with Gasteiger partial charge in [0, 0.05) is 13.1 Å². The van der Waals surface area contributed by atoms with Gasteiger partial charge in [0.1, 0.15) is 0 Å². The highest BCUT2D eigenvalue weighted by Crippen LogP contribution is 2.29. The third-order valence-corrected chi connectivity index (χ3v) is 5.90. The van der Waals surface area contributed by atoms with Crippen LogP contribution in [0.5, 0.6) is 0 Å². The van der Waals surface area contributed by atoms with Crippen LogP contribution in [0.25, 0.3) is 0 Å². The molecule has 6 nitrogen and oxygen atoms in total. The Morgan fingerprint density at radius 1 is 1.26 bits per heavy atom. The van der Waals surface area contributed by atoms with E-state index in [9.17, 15) is 8.42 Å². The van der Waals surface area contributed by atoms with Gasteiger partial charge in [-0.2, -0.15) is 0 Å². The van der Waals surface area contributed by atoms with E-state index in [2.05, 4.69) is 44.8 Å². The quantitative estimate of drug-likeness (QED) is 0.899. The second-order valence-corrected chi connectivity index (χ2v) is 7.93. The van der Waals surface area contributed by atoms with Gasteiger partial charge in [0.15, 0.2) is 4.60 Å². The molecule has 0 bridgehead atoms. The maximum atomic E-state index is 12.4. The Hall–Kier alpha value is -0.470. The van der Waals surface area contributed by atoms with Gasteiger partial charge in [-0.25, -0.2) is 17.8 Å². The topological polar surface area (TPSA) is 76.9 Å². The van der Waals surface area contributed by atoms with Gasteiger partial charge in [-0.1, -0.05) is 19.1 Å². The Morgan fingerprint density at radius 3 is 2.32 bits per heavy atom. The van der Waals surface area contributed by atoms with E-state index < -0.39 is 10.0 Å².